The molecule has 0 saturated carbocycles. The zero-order valence-electron chi connectivity index (χ0n) is 26.5. The van der Waals surface area contributed by atoms with E-state index in [1.165, 1.54) is 41.0 Å². The maximum absolute atomic E-state index is 15.5. The number of aromatic nitrogens is 2. The molecular formula is C36H32F2N4O7. The van der Waals surface area contributed by atoms with Gasteiger partial charge in [0.2, 0.25) is 0 Å². The zero-order chi connectivity index (χ0) is 33.9. The number of anilines is 1. The lowest BCUT2D eigenvalue weighted by molar-refractivity contribution is 0.0321. The second-order valence-electron chi connectivity index (χ2n) is 11.4. The summed E-state index contributed by atoms with van der Waals surface area (Å²) in [5, 5.41) is 3.18. The first-order valence-electron chi connectivity index (χ1n) is 15.7. The maximum Gasteiger partial charge on any atom is 0.271 e. The number of pyridine rings is 2. The van der Waals surface area contributed by atoms with E-state index in [0.29, 0.717) is 72.3 Å². The quantitative estimate of drug-likeness (QED) is 0.210. The van der Waals surface area contributed by atoms with E-state index in [1.54, 1.807) is 37.7 Å². The molecule has 0 aliphatic carbocycles. The van der Waals surface area contributed by atoms with Crippen molar-refractivity contribution in [2.75, 3.05) is 58.5 Å². The van der Waals surface area contributed by atoms with Gasteiger partial charge in [0.1, 0.15) is 29.5 Å². The summed E-state index contributed by atoms with van der Waals surface area (Å²) < 4.78 is 58.9. The topological polar surface area (TPSA) is 113 Å². The fraction of sp³-hybridized carbons (Fsp3) is 0.250. The summed E-state index contributed by atoms with van der Waals surface area (Å²) in [5.74, 6) is -0.580. The maximum atomic E-state index is 15.5. The number of hydrogen-bond acceptors (Lipinski definition) is 9. The Hall–Kier alpha value is -5.53. The highest BCUT2D eigenvalue weighted by Crippen LogP contribution is 2.38. The monoisotopic (exact) mass is 670 g/mol. The Balaban J connectivity index is 1.11. The van der Waals surface area contributed by atoms with Gasteiger partial charge < -0.3 is 29.0 Å². The molecule has 7 rings (SSSR count). The smallest absolute Gasteiger partial charge is 0.271 e. The predicted molar refractivity (Wildman–Crippen MR) is 177 cm³/mol. The molecule has 0 bridgehead atoms. The highest BCUT2D eigenvalue weighted by Gasteiger charge is 2.27. The highest BCUT2D eigenvalue weighted by atomic mass is 19.1. The Morgan fingerprint density at radius 2 is 1.78 bits per heavy atom. The van der Waals surface area contributed by atoms with Crippen LogP contribution in [0.1, 0.15) is 15.9 Å². The van der Waals surface area contributed by atoms with Gasteiger partial charge in [0.25, 0.3) is 11.5 Å². The van der Waals surface area contributed by atoms with Crippen LogP contribution in [0.15, 0.2) is 77.9 Å². The summed E-state index contributed by atoms with van der Waals surface area (Å²) >= 11 is 0. The molecule has 0 atom stereocenters. The number of amides is 1. The molecule has 13 heteroatoms. The number of nitrogens with zero attached hydrogens (tertiary/aromatic N) is 3. The van der Waals surface area contributed by atoms with Crippen molar-refractivity contribution >= 4 is 22.5 Å². The summed E-state index contributed by atoms with van der Waals surface area (Å²) in [6, 6.07) is 14.4. The van der Waals surface area contributed by atoms with Gasteiger partial charge in [-0.3, -0.25) is 24.0 Å². The summed E-state index contributed by atoms with van der Waals surface area (Å²) in [4.78, 5) is 33.6. The van der Waals surface area contributed by atoms with Crippen LogP contribution in [0, 0.1) is 11.6 Å². The van der Waals surface area contributed by atoms with Crippen LogP contribution in [0.3, 0.4) is 0 Å². The number of hydrogen-bond donors (Lipinski definition) is 1. The van der Waals surface area contributed by atoms with E-state index in [9.17, 15) is 14.0 Å². The molecule has 0 radical (unpaired) electrons. The Kier molecular flexibility index (Phi) is 9.09. The minimum absolute atomic E-state index is 0.0958. The second-order valence-corrected chi connectivity index (χ2v) is 11.4. The molecule has 2 aliphatic heterocycles. The summed E-state index contributed by atoms with van der Waals surface area (Å²) in [6.45, 7) is 4.51. The Morgan fingerprint density at radius 3 is 2.55 bits per heavy atom. The van der Waals surface area contributed by atoms with Crippen molar-refractivity contribution in [2.24, 2.45) is 0 Å². The third-order valence-corrected chi connectivity index (χ3v) is 8.35. The van der Waals surface area contributed by atoms with E-state index < -0.39 is 23.1 Å². The van der Waals surface area contributed by atoms with Gasteiger partial charge in [0.15, 0.2) is 23.1 Å². The number of morpholine rings is 1. The minimum Gasteiger partial charge on any atom is -0.493 e. The number of carbonyl (C=O) groups is 1. The molecular weight excluding hydrogens is 638 g/mol. The second kappa shape index (κ2) is 13.9. The zero-order valence-corrected chi connectivity index (χ0v) is 26.5. The summed E-state index contributed by atoms with van der Waals surface area (Å²) in [6.07, 6.45) is 3.61. The van der Waals surface area contributed by atoms with Gasteiger partial charge in [-0.05, 0) is 48.5 Å². The summed E-state index contributed by atoms with van der Waals surface area (Å²) in [7, 11) is 1.55. The third-order valence-electron chi connectivity index (χ3n) is 8.35. The van der Waals surface area contributed by atoms with Crippen molar-refractivity contribution < 1.29 is 37.3 Å². The Morgan fingerprint density at radius 1 is 0.959 bits per heavy atom. The van der Waals surface area contributed by atoms with Crippen LogP contribution in [-0.2, 0) is 11.2 Å². The van der Waals surface area contributed by atoms with Gasteiger partial charge in [0, 0.05) is 72.9 Å². The van der Waals surface area contributed by atoms with E-state index in [0.717, 1.165) is 25.7 Å². The van der Waals surface area contributed by atoms with Crippen LogP contribution >= 0.6 is 0 Å². The van der Waals surface area contributed by atoms with Crippen LogP contribution in [0.2, 0.25) is 0 Å². The molecule has 0 spiro atoms. The molecule has 3 aromatic carbocycles. The van der Waals surface area contributed by atoms with Gasteiger partial charge in [0.05, 0.1) is 32.4 Å². The number of halogens is 2. The lowest BCUT2D eigenvalue weighted by Crippen LogP contribution is -2.38. The Bertz CT molecular complexity index is 2080. The molecule has 252 valence electrons. The van der Waals surface area contributed by atoms with E-state index in [1.807, 2.05) is 0 Å². The number of ether oxygens (including phenoxy) is 5. The molecule has 11 nitrogen and oxygen atoms in total. The summed E-state index contributed by atoms with van der Waals surface area (Å²) in [5.41, 5.74) is 0.798. The molecule has 1 amide bonds. The first-order valence-corrected chi connectivity index (χ1v) is 15.7. The van der Waals surface area contributed by atoms with Crippen LogP contribution < -0.4 is 29.8 Å². The van der Waals surface area contributed by atoms with Crippen molar-refractivity contribution in [1.82, 2.24) is 14.5 Å². The number of methoxy groups -OCH3 is 1. The molecule has 5 aromatic rings. The number of nitrogens with one attached hydrogen (secondary N) is 1. The van der Waals surface area contributed by atoms with Gasteiger partial charge in [-0.15, -0.1) is 0 Å². The van der Waals surface area contributed by atoms with Crippen molar-refractivity contribution in [2.45, 2.75) is 6.42 Å². The molecule has 2 aromatic heterocycles. The Labute approximate surface area is 279 Å². The molecule has 1 saturated heterocycles. The number of rotatable bonds is 10. The molecule has 1 fully saturated rings. The molecule has 1 N–H and O–H groups in total. The third kappa shape index (κ3) is 6.76. The molecule has 49 heavy (non-hydrogen) atoms. The molecule has 2 aliphatic rings. The van der Waals surface area contributed by atoms with Gasteiger partial charge in [-0.1, -0.05) is 0 Å². The standard InChI is InChI=1S/C36H32F2N4O7/c1-45-31-20-28-26(19-32(31)47-17-13-41-11-15-46-16-12-41)29(8-10-39-28)49-30-7-4-24(18-27(30)38)40-35(43)33-34-22(9-14-48-34)21-42(36(33)44)25-5-2-23(37)3-6-25/h2-8,10,18-21H,9,11-17H2,1H3,(H,40,43). The predicted octanol–water partition coefficient (Wildman–Crippen LogP) is 5.36. The highest BCUT2D eigenvalue weighted by molar-refractivity contribution is 6.06. The van der Waals surface area contributed by atoms with Crippen molar-refractivity contribution in [1.29, 1.82) is 0 Å². The molecule has 0 unspecified atom stereocenters. The fourth-order valence-electron chi connectivity index (χ4n) is 5.82. The van der Waals surface area contributed by atoms with Crippen LogP contribution in [-0.4, -0.2) is 73.5 Å². The van der Waals surface area contributed by atoms with E-state index in [-0.39, 0.29) is 22.7 Å². The average molecular weight is 671 g/mol. The lowest BCUT2D eigenvalue weighted by atomic mass is 10.1. The van der Waals surface area contributed by atoms with Crippen molar-refractivity contribution in [3.05, 3.63) is 106 Å². The van der Waals surface area contributed by atoms with Crippen molar-refractivity contribution in [3.63, 3.8) is 0 Å². The van der Waals surface area contributed by atoms with E-state index in [4.69, 9.17) is 23.7 Å². The van der Waals surface area contributed by atoms with Crippen LogP contribution in [0.25, 0.3) is 16.6 Å². The van der Waals surface area contributed by atoms with Gasteiger partial charge in [-0.25, -0.2) is 8.78 Å². The first kappa shape index (κ1) is 32.0. The number of fused-ring (bicyclic) bond motifs is 2. The molecule has 4 heterocycles. The number of carbonyl (C=O) groups excluding carboxylic acids is 1. The van der Waals surface area contributed by atoms with E-state index >= 15 is 4.39 Å². The van der Waals surface area contributed by atoms with Gasteiger partial charge >= 0.3 is 0 Å². The average Bonchev–Trinajstić information content (AvgIpc) is 3.58. The number of benzene rings is 3. The lowest BCUT2D eigenvalue weighted by Gasteiger charge is -2.26. The van der Waals surface area contributed by atoms with Crippen LogP contribution in [0.5, 0.6) is 28.7 Å². The minimum atomic E-state index is -0.775. The fourth-order valence-corrected chi connectivity index (χ4v) is 5.82. The normalized spacial score (nSPS) is 14.3. The van der Waals surface area contributed by atoms with Crippen LogP contribution in [0.4, 0.5) is 14.5 Å². The first-order chi connectivity index (χ1) is 23.9. The van der Waals surface area contributed by atoms with E-state index in [2.05, 4.69) is 15.2 Å². The van der Waals surface area contributed by atoms with Gasteiger partial charge in [-0.2, -0.15) is 0 Å². The van der Waals surface area contributed by atoms with Crippen molar-refractivity contribution in [3.8, 4) is 34.4 Å². The largest absolute Gasteiger partial charge is 0.493 e. The SMILES string of the molecule is COc1cc2nccc(Oc3ccc(NC(=O)c4c5c(cn(-c6ccc(F)cc6)c4=O)CCO5)cc3F)c2cc1OCCN1CCOCC1.